The van der Waals surface area contributed by atoms with Crippen molar-refractivity contribution in [2.75, 3.05) is 0 Å². The molecular weight excluding hydrogens is 323 g/mol. The number of non-ortho nitro benzene ring substituents is 1. The third kappa shape index (κ3) is 4.57. The second kappa shape index (κ2) is 7.24. The van der Waals surface area contributed by atoms with Crippen LogP contribution in [0.15, 0.2) is 12.1 Å². The van der Waals surface area contributed by atoms with Crippen LogP contribution in [0.3, 0.4) is 0 Å². The molecule has 0 aromatic heterocycles. The monoisotopic (exact) mass is 334 g/mol. The molecule has 0 aliphatic rings. The van der Waals surface area contributed by atoms with Crippen LogP contribution < -0.4 is 5.32 Å². The zero-order valence-electron chi connectivity index (χ0n) is 10.9. The molecule has 7 nitrogen and oxygen atoms in total. The molecule has 21 heavy (non-hydrogen) atoms. The van der Waals surface area contributed by atoms with Gasteiger partial charge in [0.2, 0.25) is 0 Å². The summed E-state index contributed by atoms with van der Waals surface area (Å²) in [4.78, 5) is 32.8. The zero-order valence-corrected chi connectivity index (χ0v) is 12.4. The second-order valence-electron chi connectivity index (χ2n) is 4.22. The number of nitrogens with zero attached hydrogens (tertiary/aromatic N) is 1. The van der Waals surface area contributed by atoms with Crippen molar-refractivity contribution in [3.05, 3.63) is 37.9 Å². The van der Waals surface area contributed by atoms with Gasteiger partial charge in [-0.15, -0.1) is 0 Å². The number of benzene rings is 1. The van der Waals surface area contributed by atoms with Crippen LogP contribution >= 0.6 is 23.2 Å². The lowest BCUT2D eigenvalue weighted by Crippen LogP contribution is -2.36. The zero-order chi connectivity index (χ0) is 16.2. The van der Waals surface area contributed by atoms with Gasteiger partial charge in [-0.25, -0.2) is 0 Å². The van der Waals surface area contributed by atoms with Crippen LogP contribution in [0, 0.1) is 10.1 Å². The van der Waals surface area contributed by atoms with E-state index in [-0.39, 0.29) is 27.7 Å². The van der Waals surface area contributed by atoms with E-state index >= 15 is 0 Å². The van der Waals surface area contributed by atoms with Crippen molar-refractivity contribution in [2.45, 2.75) is 25.8 Å². The van der Waals surface area contributed by atoms with Gasteiger partial charge in [0.25, 0.3) is 11.6 Å². The molecule has 0 aliphatic carbocycles. The molecule has 0 fully saturated rings. The maximum Gasteiger partial charge on any atom is 0.305 e. The molecule has 1 aromatic carbocycles. The first-order chi connectivity index (χ1) is 9.76. The van der Waals surface area contributed by atoms with Crippen molar-refractivity contribution in [1.29, 1.82) is 0 Å². The van der Waals surface area contributed by atoms with Gasteiger partial charge in [-0.2, -0.15) is 0 Å². The minimum absolute atomic E-state index is 0.120. The second-order valence-corrected chi connectivity index (χ2v) is 5.01. The first-order valence-electron chi connectivity index (χ1n) is 5.92. The van der Waals surface area contributed by atoms with Crippen molar-refractivity contribution in [2.24, 2.45) is 0 Å². The molecule has 0 saturated carbocycles. The van der Waals surface area contributed by atoms with E-state index in [1.807, 2.05) is 0 Å². The summed E-state index contributed by atoms with van der Waals surface area (Å²) in [5, 5.41) is 21.7. The smallest absolute Gasteiger partial charge is 0.305 e. The van der Waals surface area contributed by atoms with Crippen LogP contribution in [0.4, 0.5) is 5.69 Å². The minimum Gasteiger partial charge on any atom is -0.481 e. The molecule has 2 N–H and O–H groups in total. The van der Waals surface area contributed by atoms with Crippen LogP contribution in [0.2, 0.25) is 10.0 Å². The number of halogens is 2. The highest BCUT2D eigenvalue weighted by atomic mass is 35.5. The van der Waals surface area contributed by atoms with Crippen molar-refractivity contribution >= 4 is 40.8 Å². The SMILES string of the molecule is CCC(CC(=O)O)NC(=O)c1cc([N+](=O)[O-])cc(Cl)c1Cl. The first-order valence-corrected chi connectivity index (χ1v) is 6.68. The molecule has 0 heterocycles. The lowest BCUT2D eigenvalue weighted by Gasteiger charge is -2.15. The Morgan fingerprint density at radius 3 is 2.52 bits per heavy atom. The van der Waals surface area contributed by atoms with Crippen LogP contribution in [0.5, 0.6) is 0 Å². The van der Waals surface area contributed by atoms with Crippen LogP contribution in [0.25, 0.3) is 0 Å². The molecular formula is C12H12Cl2N2O5. The summed E-state index contributed by atoms with van der Waals surface area (Å²) in [5.41, 5.74) is -0.541. The van der Waals surface area contributed by atoms with Crippen molar-refractivity contribution in [3.8, 4) is 0 Å². The lowest BCUT2D eigenvalue weighted by atomic mass is 10.1. The van der Waals surface area contributed by atoms with Gasteiger partial charge >= 0.3 is 5.97 Å². The Morgan fingerprint density at radius 1 is 1.43 bits per heavy atom. The number of aliphatic carboxylic acids is 1. The number of rotatable bonds is 6. The van der Waals surface area contributed by atoms with Crippen LogP contribution in [-0.2, 0) is 4.79 Å². The Morgan fingerprint density at radius 2 is 2.05 bits per heavy atom. The summed E-state index contributed by atoms with van der Waals surface area (Å²) < 4.78 is 0. The third-order valence-corrected chi connectivity index (χ3v) is 3.52. The van der Waals surface area contributed by atoms with Crippen molar-refractivity contribution < 1.29 is 19.6 Å². The minimum atomic E-state index is -1.06. The van der Waals surface area contributed by atoms with Crippen molar-refractivity contribution in [3.63, 3.8) is 0 Å². The molecule has 1 atom stereocenters. The quantitative estimate of drug-likeness (QED) is 0.613. The normalized spacial score (nSPS) is 11.8. The topological polar surface area (TPSA) is 110 Å². The van der Waals surface area contributed by atoms with Gasteiger partial charge < -0.3 is 10.4 Å². The molecule has 9 heteroatoms. The van der Waals surface area contributed by atoms with Crippen LogP contribution in [-0.4, -0.2) is 27.9 Å². The molecule has 1 amide bonds. The lowest BCUT2D eigenvalue weighted by molar-refractivity contribution is -0.384. The standard InChI is InChI=1S/C12H12Cl2N2O5/c1-2-6(3-10(17)18)15-12(19)8-4-7(16(20)21)5-9(13)11(8)14/h4-6H,2-3H2,1H3,(H,15,19)(H,17,18). The Bertz CT molecular complexity index is 591. The van der Waals surface area contributed by atoms with E-state index in [4.69, 9.17) is 28.3 Å². The fourth-order valence-corrected chi connectivity index (χ4v) is 2.03. The largest absolute Gasteiger partial charge is 0.481 e. The van der Waals surface area contributed by atoms with Crippen molar-refractivity contribution in [1.82, 2.24) is 5.32 Å². The molecule has 0 bridgehead atoms. The molecule has 1 aromatic rings. The van der Waals surface area contributed by atoms with Gasteiger partial charge in [0.1, 0.15) is 0 Å². The van der Waals surface area contributed by atoms with Gasteiger partial charge in [-0.1, -0.05) is 30.1 Å². The number of carbonyl (C=O) groups is 2. The number of carbonyl (C=O) groups excluding carboxylic acids is 1. The molecule has 0 aliphatic heterocycles. The summed E-state index contributed by atoms with van der Waals surface area (Å²) in [7, 11) is 0. The molecule has 1 unspecified atom stereocenters. The highest BCUT2D eigenvalue weighted by molar-refractivity contribution is 6.44. The van der Waals surface area contributed by atoms with E-state index in [2.05, 4.69) is 5.32 Å². The van der Waals surface area contributed by atoms with E-state index in [0.29, 0.717) is 6.42 Å². The average molecular weight is 335 g/mol. The Balaban J connectivity index is 3.06. The summed E-state index contributed by atoms with van der Waals surface area (Å²) in [5.74, 6) is -1.77. The number of hydrogen-bond donors (Lipinski definition) is 2. The third-order valence-electron chi connectivity index (χ3n) is 2.72. The fourth-order valence-electron chi connectivity index (χ4n) is 1.62. The number of nitro benzene ring substituents is 1. The number of amides is 1. The van der Waals surface area contributed by atoms with Gasteiger partial charge in [0.05, 0.1) is 27.0 Å². The predicted molar refractivity (Wildman–Crippen MR) is 76.9 cm³/mol. The van der Waals surface area contributed by atoms with E-state index in [1.165, 1.54) is 0 Å². The van der Waals surface area contributed by atoms with Crippen LogP contribution in [0.1, 0.15) is 30.1 Å². The highest BCUT2D eigenvalue weighted by Gasteiger charge is 2.22. The van der Waals surface area contributed by atoms with E-state index in [9.17, 15) is 19.7 Å². The average Bonchev–Trinajstić information content (AvgIpc) is 2.39. The Labute approximate surface area is 130 Å². The molecule has 0 spiro atoms. The molecule has 114 valence electrons. The van der Waals surface area contributed by atoms with E-state index in [1.54, 1.807) is 6.92 Å². The summed E-state index contributed by atoms with van der Waals surface area (Å²) in [6.07, 6.45) is 0.126. The van der Waals surface area contributed by atoms with E-state index < -0.39 is 22.8 Å². The van der Waals surface area contributed by atoms with Gasteiger partial charge in [-0.3, -0.25) is 19.7 Å². The van der Waals surface area contributed by atoms with Gasteiger partial charge in [0, 0.05) is 18.2 Å². The number of carboxylic acid groups (broad SMARTS) is 1. The molecule has 1 rings (SSSR count). The fraction of sp³-hybridized carbons (Fsp3) is 0.333. The van der Waals surface area contributed by atoms with Gasteiger partial charge in [0.15, 0.2) is 0 Å². The first kappa shape index (κ1) is 17.2. The Kier molecular flexibility index (Phi) is 5.92. The van der Waals surface area contributed by atoms with E-state index in [0.717, 1.165) is 12.1 Å². The van der Waals surface area contributed by atoms with Gasteiger partial charge in [-0.05, 0) is 6.42 Å². The number of nitrogens with one attached hydrogen (secondary N) is 1. The summed E-state index contributed by atoms with van der Waals surface area (Å²) >= 11 is 11.6. The summed E-state index contributed by atoms with van der Waals surface area (Å²) in [6.45, 7) is 1.70. The summed E-state index contributed by atoms with van der Waals surface area (Å²) in [6, 6.07) is 1.43. The predicted octanol–water partition coefficient (Wildman–Crippen LogP) is 2.88. The maximum absolute atomic E-state index is 12.1. The number of nitro groups is 1. The maximum atomic E-state index is 12.1. The molecule has 0 saturated heterocycles. The molecule has 0 radical (unpaired) electrons. The Hall–Kier alpha value is -1.86. The highest BCUT2D eigenvalue weighted by Crippen LogP contribution is 2.30. The number of hydrogen-bond acceptors (Lipinski definition) is 4. The number of carboxylic acids is 1.